The summed E-state index contributed by atoms with van der Waals surface area (Å²) in [5.41, 5.74) is 1.96. The number of carbonyl (C=O) groups excluding carboxylic acids is 3. The SMILES string of the molecule is Cc1ccc(N2C(=O)N(CC(=O)Nc3cc(Cl)ccc3Cl)C(=O)[C@H]2C)cc1. The van der Waals surface area contributed by atoms with Crippen LogP contribution in [0.3, 0.4) is 0 Å². The van der Waals surface area contributed by atoms with Crippen LogP contribution in [0.1, 0.15) is 12.5 Å². The molecule has 6 nitrogen and oxygen atoms in total. The first-order chi connectivity index (χ1) is 12.8. The number of anilines is 2. The molecule has 1 N–H and O–H groups in total. The van der Waals surface area contributed by atoms with Crippen LogP contribution in [0.4, 0.5) is 16.2 Å². The second kappa shape index (κ2) is 7.58. The molecule has 0 unspecified atom stereocenters. The van der Waals surface area contributed by atoms with Gasteiger partial charge in [-0.25, -0.2) is 4.79 Å². The van der Waals surface area contributed by atoms with Crippen molar-refractivity contribution in [2.75, 3.05) is 16.8 Å². The van der Waals surface area contributed by atoms with Crippen molar-refractivity contribution in [2.24, 2.45) is 0 Å². The molecule has 0 aromatic heterocycles. The third-order valence-electron chi connectivity index (χ3n) is 4.26. The number of nitrogens with one attached hydrogen (secondary N) is 1. The zero-order chi connectivity index (χ0) is 19.7. The Bertz CT molecular complexity index is 915. The van der Waals surface area contributed by atoms with Crippen molar-refractivity contribution in [3.8, 4) is 0 Å². The molecule has 2 aromatic rings. The molecule has 1 aliphatic rings. The summed E-state index contributed by atoms with van der Waals surface area (Å²) in [6.45, 7) is 3.15. The van der Waals surface area contributed by atoms with Crippen molar-refractivity contribution < 1.29 is 14.4 Å². The minimum Gasteiger partial charge on any atom is -0.323 e. The summed E-state index contributed by atoms with van der Waals surface area (Å²) < 4.78 is 0. The van der Waals surface area contributed by atoms with Gasteiger partial charge in [0.1, 0.15) is 12.6 Å². The third kappa shape index (κ3) is 3.91. The molecule has 0 radical (unpaired) electrons. The fraction of sp³-hybridized carbons (Fsp3) is 0.211. The van der Waals surface area contributed by atoms with Crippen LogP contribution in [-0.4, -0.2) is 35.3 Å². The number of hydrogen-bond donors (Lipinski definition) is 1. The minimum atomic E-state index is -0.692. The van der Waals surface area contributed by atoms with Crippen molar-refractivity contribution in [3.05, 3.63) is 58.1 Å². The molecule has 27 heavy (non-hydrogen) atoms. The molecular weight excluding hydrogens is 389 g/mol. The maximum Gasteiger partial charge on any atom is 0.332 e. The highest BCUT2D eigenvalue weighted by Gasteiger charge is 2.44. The summed E-state index contributed by atoms with van der Waals surface area (Å²) in [7, 11) is 0. The molecule has 0 bridgehead atoms. The molecule has 4 amide bonds. The molecule has 1 aliphatic heterocycles. The van der Waals surface area contributed by atoms with Crippen LogP contribution in [0, 0.1) is 6.92 Å². The standard InChI is InChI=1S/C19H17Cl2N3O3/c1-11-3-6-14(7-4-11)24-12(2)18(26)23(19(24)27)10-17(25)22-16-9-13(20)5-8-15(16)21/h3-9,12H,10H2,1-2H3,(H,22,25)/t12-/m1/s1. The Hall–Kier alpha value is -2.57. The highest BCUT2D eigenvalue weighted by molar-refractivity contribution is 6.35. The Kier molecular flexibility index (Phi) is 5.39. The summed E-state index contributed by atoms with van der Waals surface area (Å²) in [6.07, 6.45) is 0. The summed E-state index contributed by atoms with van der Waals surface area (Å²) in [5, 5.41) is 3.29. The summed E-state index contributed by atoms with van der Waals surface area (Å²) in [4.78, 5) is 39.9. The lowest BCUT2D eigenvalue weighted by Crippen LogP contribution is -2.39. The third-order valence-corrected chi connectivity index (χ3v) is 4.83. The fourth-order valence-electron chi connectivity index (χ4n) is 2.84. The number of carbonyl (C=O) groups is 3. The van der Waals surface area contributed by atoms with Gasteiger partial charge in [0.2, 0.25) is 5.91 Å². The Morgan fingerprint density at radius 1 is 1.11 bits per heavy atom. The van der Waals surface area contributed by atoms with Crippen LogP contribution in [0.25, 0.3) is 0 Å². The number of urea groups is 1. The highest BCUT2D eigenvalue weighted by atomic mass is 35.5. The van der Waals surface area contributed by atoms with Gasteiger partial charge in [-0.1, -0.05) is 40.9 Å². The van der Waals surface area contributed by atoms with Gasteiger partial charge in [-0.3, -0.25) is 19.4 Å². The van der Waals surface area contributed by atoms with E-state index in [4.69, 9.17) is 23.2 Å². The van der Waals surface area contributed by atoms with E-state index in [1.807, 2.05) is 19.1 Å². The average molecular weight is 406 g/mol. The zero-order valence-electron chi connectivity index (χ0n) is 14.7. The highest BCUT2D eigenvalue weighted by Crippen LogP contribution is 2.27. The van der Waals surface area contributed by atoms with Crippen LogP contribution < -0.4 is 10.2 Å². The lowest BCUT2D eigenvalue weighted by molar-refractivity contribution is -0.130. The first kappa shape index (κ1) is 19.2. The van der Waals surface area contributed by atoms with Crippen molar-refractivity contribution in [3.63, 3.8) is 0 Å². The molecule has 3 rings (SSSR count). The van der Waals surface area contributed by atoms with Gasteiger partial charge in [0.05, 0.1) is 10.7 Å². The number of amides is 4. The molecule has 8 heteroatoms. The van der Waals surface area contributed by atoms with Crippen molar-refractivity contribution in [2.45, 2.75) is 19.9 Å². The van der Waals surface area contributed by atoms with Gasteiger partial charge in [0.25, 0.3) is 5.91 Å². The van der Waals surface area contributed by atoms with E-state index in [1.54, 1.807) is 31.2 Å². The molecule has 0 spiro atoms. The average Bonchev–Trinajstić information content (AvgIpc) is 2.83. The predicted octanol–water partition coefficient (Wildman–Crippen LogP) is 4.10. The van der Waals surface area contributed by atoms with Crippen LogP contribution in [0.15, 0.2) is 42.5 Å². The summed E-state index contributed by atoms with van der Waals surface area (Å²) >= 11 is 11.9. The molecule has 140 valence electrons. The van der Waals surface area contributed by atoms with Gasteiger partial charge in [-0.2, -0.15) is 0 Å². The topological polar surface area (TPSA) is 69.7 Å². The van der Waals surface area contributed by atoms with Crippen molar-refractivity contribution in [1.29, 1.82) is 0 Å². The predicted molar refractivity (Wildman–Crippen MR) is 105 cm³/mol. The molecule has 1 atom stereocenters. The van der Waals surface area contributed by atoms with E-state index >= 15 is 0 Å². The van der Waals surface area contributed by atoms with Crippen molar-refractivity contribution >= 4 is 52.4 Å². The van der Waals surface area contributed by atoms with Gasteiger partial charge < -0.3 is 5.32 Å². The van der Waals surface area contributed by atoms with Crippen LogP contribution in [0.5, 0.6) is 0 Å². The number of hydrogen-bond acceptors (Lipinski definition) is 3. The maximum atomic E-state index is 12.7. The minimum absolute atomic E-state index is 0.307. The van der Waals surface area contributed by atoms with Crippen LogP contribution >= 0.6 is 23.2 Å². The first-order valence-electron chi connectivity index (χ1n) is 8.24. The lowest BCUT2D eigenvalue weighted by atomic mass is 10.2. The van der Waals surface area contributed by atoms with E-state index in [1.165, 1.54) is 11.0 Å². The van der Waals surface area contributed by atoms with Gasteiger partial charge in [0.15, 0.2) is 0 Å². The molecule has 1 fully saturated rings. The number of rotatable bonds is 4. The smallest absolute Gasteiger partial charge is 0.323 e. The van der Waals surface area contributed by atoms with E-state index in [9.17, 15) is 14.4 Å². The van der Waals surface area contributed by atoms with Gasteiger partial charge in [-0.05, 0) is 44.2 Å². The maximum absolute atomic E-state index is 12.7. The second-order valence-corrected chi connectivity index (χ2v) is 7.10. The first-order valence-corrected chi connectivity index (χ1v) is 8.99. The molecule has 0 aliphatic carbocycles. The monoisotopic (exact) mass is 405 g/mol. The van der Waals surface area contributed by atoms with Gasteiger partial charge >= 0.3 is 6.03 Å². The number of nitrogens with zero attached hydrogens (tertiary/aromatic N) is 2. The van der Waals surface area contributed by atoms with E-state index < -0.39 is 30.4 Å². The van der Waals surface area contributed by atoms with Crippen molar-refractivity contribution in [1.82, 2.24) is 4.90 Å². The van der Waals surface area contributed by atoms with Crippen LogP contribution in [-0.2, 0) is 9.59 Å². The normalized spacial score (nSPS) is 16.8. The number of benzene rings is 2. The number of imide groups is 1. The van der Waals surface area contributed by atoms with Crippen LogP contribution in [0.2, 0.25) is 10.0 Å². The molecule has 1 heterocycles. The summed E-state index contributed by atoms with van der Waals surface area (Å²) in [5.74, 6) is -0.980. The quantitative estimate of drug-likeness (QED) is 0.778. The lowest BCUT2D eigenvalue weighted by Gasteiger charge is -2.19. The molecular formula is C19H17Cl2N3O3. The van der Waals surface area contributed by atoms with E-state index in [0.717, 1.165) is 10.5 Å². The number of aryl methyl sites for hydroxylation is 1. The Balaban J connectivity index is 1.75. The molecule has 1 saturated heterocycles. The fourth-order valence-corrected chi connectivity index (χ4v) is 3.17. The van der Waals surface area contributed by atoms with Gasteiger partial charge in [0, 0.05) is 10.7 Å². The van der Waals surface area contributed by atoms with E-state index in [0.29, 0.717) is 21.4 Å². The summed E-state index contributed by atoms with van der Waals surface area (Å²) in [6, 6.07) is 10.7. The van der Waals surface area contributed by atoms with E-state index in [2.05, 4.69) is 5.32 Å². The van der Waals surface area contributed by atoms with Gasteiger partial charge in [-0.15, -0.1) is 0 Å². The molecule has 0 saturated carbocycles. The molecule has 2 aromatic carbocycles. The zero-order valence-corrected chi connectivity index (χ0v) is 16.2. The largest absolute Gasteiger partial charge is 0.332 e. The second-order valence-electron chi connectivity index (χ2n) is 6.26. The number of halogens is 2. The Morgan fingerprint density at radius 3 is 2.44 bits per heavy atom. The Labute approximate surface area is 166 Å². The Morgan fingerprint density at radius 2 is 1.78 bits per heavy atom. The van der Waals surface area contributed by atoms with E-state index in [-0.39, 0.29) is 0 Å².